The zero-order valence-corrected chi connectivity index (χ0v) is 7.21. The second kappa shape index (κ2) is 4.76. The highest BCUT2D eigenvalue weighted by atomic mass is 16.9. The van der Waals surface area contributed by atoms with Crippen molar-refractivity contribution >= 4 is 10.8 Å². The largest absolute Gasteiger partial charge is 0.356 e. The van der Waals surface area contributed by atoms with E-state index in [9.17, 15) is 0 Å². The van der Waals surface area contributed by atoms with Crippen LogP contribution in [0, 0.1) is 15.3 Å². The van der Waals surface area contributed by atoms with Crippen LogP contribution in [0.15, 0.2) is 42.7 Å². The molecule has 0 spiro atoms. The molecule has 2 aromatic rings. The molecule has 0 aliphatic rings. The number of aromatic amines is 1. The molecule has 0 radical (unpaired) electrons. The molecule has 1 heterocycles. The van der Waals surface area contributed by atoms with Crippen molar-refractivity contribution < 1.29 is 10.1 Å². The van der Waals surface area contributed by atoms with Gasteiger partial charge in [0.1, 0.15) is 0 Å². The lowest BCUT2D eigenvalue weighted by atomic mass is 10.2. The molecule has 14 heavy (non-hydrogen) atoms. The number of hydrogen-bond acceptors (Lipinski definition) is 3. The summed E-state index contributed by atoms with van der Waals surface area (Å²) >= 11 is 0. The zero-order chi connectivity index (χ0) is 10.4. The molecule has 0 aliphatic carbocycles. The fourth-order valence-electron chi connectivity index (χ4n) is 1.07. The quantitative estimate of drug-likeness (QED) is 0.467. The summed E-state index contributed by atoms with van der Waals surface area (Å²) in [6.07, 6.45) is 3.93. The summed E-state index contributed by atoms with van der Waals surface area (Å²) in [7, 11) is 0. The Morgan fingerprint density at radius 1 is 1.07 bits per heavy atom. The number of hydrogen-bond donors (Lipinski definition) is 0. The first-order chi connectivity index (χ1) is 6.70. The van der Waals surface area contributed by atoms with E-state index >= 15 is 0 Å². The van der Waals surface area contributed by atoms with Gasteiger partial charge in [0.15, 0.2) is 12.4 Å². The minimum absolute atomic E-state index is 1.25. The monoisotopic (exact) mass is 192 g/mol. The van der Waals surface area contributed by atoms with Gasteiger partial charge in [0, 0.05) is 11.5 Å². The summed E-state index contributed by atoms with van der Waals surface area (Å²) in [6.45, 7) is 0. The Morgan fingerprint density at radius 3 is 2.21 bits per heavy atom. The van der Waals surface area contributed by atoms with E-state index in [1.165, 1.54) is 10.8 Å². The predicted molar refractivity (Wildman–Crippen MR) is 50.9 cm³/mol. The number of fused-ring (bicyclic) bond motifs is 1. The molecule has 0 saturated heterocycles. The van der Waals surface area contributed by atoms with E-state index in [4.69, 9.17) is 15.3 Å². The molecule has 0 bridgehead atoms. The van der Waals surface area contributed by atoms with Crippen LogP contribution in [0.5, 0.6) is 0 Å². The van der Waals surface area contributed by atoms with Gasteiger partial charge in [0.2, 0.25) is 0 Å². The molecule has 1 N–H and O–H groups in total. The first-order valence-corrected chi connectivity index (χ1v) is 3.86. The van der Waals surface area contributed by atoms with Gasteiger partial charge in [-0.25, -0.2) is 4.98 Å². The Labute approximate surface area is 79.7 Å². The van der Waals surface area contributed by atoms with Crippen LogP contribution in [-0.2, 0) is 0 Å². The molecule has 1 aromatic carbocycles. The lowest BCUT2D eigenvalue weighted by Crippen LogP contribution is -1.96. The molecule has 0 amide bonds. The normalized spacial score (nSPS) is 8.86. The standard InChI is InChI=1S/C9H7N.NO3/c1-2-4-9-7-10-6-5-8(9)3-1;2-1(3)4/h1-7H;/q;-1/p+1. The molecule has 2 rings (SSSR count). The van der Waals surface area contributed by atoms with E-state index in [1.54, 1.807) is 0 Å². The minimum atomic E-state index is -1.75. The highest BCUT2D eigenvalue weighted by molar-refractivity contribution is 5.80. The molecule has 1 aromatic heterocycles. The number of aromatic nitrogens is 1. The topological polar surface area (TPSA) is 80.3 Å². The molecule has 5 nitrogen and oxygen atoms in total. The van der Waals surface area contributed by atoms with Crippen LogP contribution in [0.3, 0.4) is 0 Å². The SMILES string of the molecule is O=[N+]([O-])[O-].c1ccc2c[nH+]ccc2c1. The van der Waals surface area contributed by atoms with Crippen LogP contribution in [0.1, 0.15) is 0 Å². The first kappa shape index (κ1) is 9.91. The Bertz CT molecular complexity index is 362. The second-order valence-electron chi connectivity index (χ2n) is 2.50. The molecular weight excluding hydrogens is 184 g/mol. The third-order valence-electron chi connectivity index (χ3n) is 1.59. The average Bonchev–Trinajstić information content (AvgIpc) is 2.17. The molecule has 0 unspecified atom stereocenters. The number of nitrogens with one attached hydrogen (secondary N) is 1. The number of benzene rings is 1. The summed E-state index contributed by atoms with van der Waals surface area (Å²) in [5.74, 6) is 0. The summed E-state index contributed by atoms with van der Waals surface area (Å²) in [5, 5.41) is 17.3. The Morgan fingerprint density at radius 2 is 1.64 bits per heavy atom. The molecule has 0 atom stereocenters. The smallest absolute Gasteiger partial charge is 0.174 e. The fraction of sp³-hybridized carbons (Fsp3) is 0. The van der Waals surface area contributed by atoms with Gasteiger partial charge in [-0.3, -0.25) is 0 Å². The maximum absolute atomic E-state index is 8.25. The highest BCUT2D eigenvalue weighted by Gasteiger charge is 1.90. The van der Waals surface area contributed by atoms with Crippen molar-refractivity contribution in [3.8, 4) is 0 Å². The van der Waals surface area contributed by atoms with Crippen LogP contribution in [0.2, 0.25) is 0 Å². The van der Waals surface area contributed by atoms with Gasteiger partial charge in [-0.1, -0.05) is 18.2 Å². The third-order valence-corrected chi connectivity index (χ3v) is 1.59. The number of pyridine rings is 1. The van der Waals surface area contributed by atoms with Gasteiger partial charge >= 0.3 is 0 Å². The van der Waals surface area contributed by atoms with Gasteiger partial charge in [0.05, 0.1) is 5.09 Å². The Balaban J connectivity index is 0.000000213. The minimum Gasteiger partial charge on any atom is -0.356 e. The molecule has 0 aliphatic heterocycles. The Kier molecular flexibility index (Phi) is 3.37. The Hall–Kier alpha value is -2.17. The maximum atomic E-state index is 8.25. The van der Waals surface area contributed by atoms with Crippen LogP contribution < -0.4 is 4.98 Å². The van der Waals surface area contributed by atoms with Crippen molar-refractivity contribution in [2.24, 2.45) is 0 Å². The molecule has 0 fully saturated rings. The van der Waals surface area contributed by atoms with E-state index < -0.39 is 5.09 Å². The van der Waals surface area contributed by atoms with Crippen molar-refractivity contribution in [3.05, 3.63) is 58.0 Å². The summed E-state index contributed by atoms with van der Waals surface area (Å²) < 4.78 is 0. The van der Waals surface area contributed by atoms with Crippen molar-refractivity contribution in [2.45, 2.75) is 0 Å². The lowest BCUT2D eigenvalue weighted by molar-refractivity contribution is -0.402. The van der Waals surface area contributed by atoms with Gasteiger partial charge in [0.25, 0.3) is 0 Å². The molecule has 72 valence electrons. The number of rotatable bonds is 0. The van der Waals surface area contributed by atoms with Gasteiger partial charge in [-0.05, 0) is 11.5 Å². The maximum Gasteiger partial charge on any atom is 0.174 e. The van der Waals surface area contributed by atoms with Crippen molar-refractivity contribution in [1.82, 2.24) is 0 Å². The van der Waals surface area contributed by atoms with Crippen molar-refractivity contribution in [3.63, 3.8) is 0 Å². The van der Waals surface area contributed by atoms with Crippen molar-refractivity contribution in [1.29, 1.82) is 0 Å². The summed E-state index contributed by atoms with van der Waals surface area (Å²) in [6, 6.07) is 10.3. The second-order valence-corrected chi connectivity index (χ2v) is 2.50. The van der Waals surface area contributed by atoms with E-state index in [2.05, 4.69) is 23.2 Å². The zero-order valence-electron chi connectivity index (χ0n) is 7.21. The van der Waals surface area contributed by atoms with Gasteiger partial charge < -0.3 is 15.3 Å². The van der Waals surface area contributed by atoms with Crippen LogP contribution in [-0.4, -0.2) is 5.09 Å². The van der Waals surface area contributed by atoms with Crippen LogP contribution >= 0.6 is 0 Å². The number of H-pyrrole nitrogens is 1. The molecule has 5 heteroatoms. The fourth-order valence-corrected chi connectivity index (χ4v) is 1.07. The van der Waals surface area contributed by atoms with E-state index in [0.717, 1.165) is 0 Å². The summed E-state index contributed by atoms with van der Waals surface area (Å²) in [4.78, 5) is 11.3. The third kappa shape index (κ3) is 3.06. The first-order valence-electron chi connectivity index (χ1n) is 3.86. The number of nitrogens with zero attached hydrogens (tertiary/aromatic N) is 1. The van der Waals surface area contributed by atoms with Crippen molar-refractivity contribution in [2.75, 3.05) is 0 Å². The highest BCUT2D eigenvalue weighted by Crippen LogP contribution is 2.08. The van der Waals surface area contributed by atoms with E-state index in [0.29, 0.717) is 0 Å². The molecular formula is C9H8N2O3. The average molecular weight is 192 g/mol. The molecule has 0 saturated carbocycles. The van der Waals surface area contributed by atoms with Gasteiger partial charge in [-0.2, -0.15) is 0 Å². The summed E-state index contributed by atoms with van der Waals surface area (Å²) in [5.41, 5.74) is 0. The lowest BCUT2D eigenvalue weighted by Gasteiger charge is -1.88. The van der Waals surface area contributed by atoms with Gasteiger partial charge in [-0.15, -0.1) is 0 Å². The van der Waals surface area contributed by atoms with Crippen LogP contribution in [0.25, 0.3) is 10.8 Å². The van der Waals surface area contributed by atoms with Crippen LogP contribution in [0.4, 0.5) is 0 Å². The van der Waals surface area contributed by atoms with E-state index in [1.807, 2.05) is 24.5 Å². The predicted octanol–water partition coefficient (Wildman–Crippen LogP) is 1.41. The van der Waals surface area contributed by atoms with E-state index in [-0.39, 0.29) is 0 Å².